The van der Waals surface area contributed by atoms with Crippen molar-refractivity contribution in [1.29, 1.82) is 0 Å². The van der Waals surface area contributed by atoms with E-state index in [9.17, 15) is 4.79 Å². The third kappa shape index (κ3) is 2.89. The van der Waals surface area contributed by atoms with Gasteiger partial charge in [-0.05, 0) is 36.2 Å². The molecule has 0 fully saturated rings. The van der Waals surface area contributed by atoms with Gasteiger partial charge in [0.25, 0.3) is 0 Å². The van der Waals surface area contributed by atoms with Gasteiger partial charge in [0.05, 0.1) is 10.2 Å². The average Bonchev–Trinajstić information content (AvgIpc) is 2.20. The highest BCUT2D eigenvalue weighted by atomic mass is 79.9. The normalized spacial score (nSPS) is 10.7. The molecule has 0 aromatic carbocycles. The summed E-state index contributed by atoms with van der Waals surface area (Å²) < 4.78 is 7.51. The molecule has 0 saturated carbocycles. The summed E-state index contributed by atoms with van der Waals surface area (Å²) in [6, 6.07) is 0. The lowest BCUT2D eigenvalue weighted by Gasteiger charge is -2.11. The predicted molar refractivity (Wildman–Crippen MR) is 62.2 cm³/mol. The van der Waals surface area contributed by atoms with Crippen LogP contribution in [0.1, 0.15) is 17.8 Å². The highest BCUT2D eigenvalue weighted by Crippen LogP contribution is 2.16. The minimum absolute atomic E-state index is 0.190. The van der Waals surface area contributed by atoms with Crippen LogP contribution in [0.15, 0.2) is 9.27 Å². The molecule has 0 saturated heterocycles. The Bertz CT molecular complexity index is 401. The molecule has 0 aliphatic rings. The van der Waals surface area contributed by atoms with E-state index in [0.29, 0.717) is 13.2 Å². The van der Waals surface area contributed by atoms with Crippen LogP contribution >= 0.6 is 15.9 Å². The Morgan fingerprint density at radius 3 is 2.73 bits per heavy atom. The van der Waals surface area contributed by atoms with Gasteiger partial charge in [-0.25, -0.2) is 4.79 Å². The number of aromatic nitrogens is 2. The smallest absolute Gasteiger partial charge is 0.348 e. The summed E-state index contributed by atoms with van der Waals surface area (Å²) in [6.07, 6.45) is 0.814. The topological polar surface area (TPSA) is 44.1 Å². The van der Waals surface area contributed by atoms with Crippen molar-refractivity contribution in [3.05, 3.63) is 26.3 Å². The summed E-state index contributed by atoms with van der Waals surface area (Å²) in [4.78, 5) is 15.5. The lowest BCUT2D eigenvalue weighted by atomic mass is 10.3. The second-order valence-corrected chi connectivity index (χ2v) is 4.17. The maximum absolute atomic E-state index is 11.6. The Balaban J connectivity index is 2.97. The molecular formula is C10H15BrN2O2. The summed E-state index contributed by atoms with van der Waals surface area (Å²) in [6.45, 7) is 5.02. The number of aryl methyl sites for hydroxylation is 1. The van der Waals surface area contributed by atoms with Crippen LogP contribution in [0.4, 0.5) is 0 Å². The summed E-state index contributed by atoms with van der Waals surface area (Å²) in [5.74, 6) is 0. The first-order valence-electron chi connectivity index (χ1n) is 4.80. The maximum atomic E-state index is 11.6. The number of hydrogen-bond acceptors (Lipinski definition) is 3. The monoisotopic (exact) mass is 274 g/mol. The minimum atomic E-state index is -0.190. The molecule has 4 nitrogen and oxygen atoms in total. The van der Waals surface area contributed by atoms with Gasteiger partial charge in [0.2, 0.25) is 0 Å². The lowest BCUT2D eigenvalue weighted by Crippen LogP contribution is -2.26. The minimum Gasteiger partial charge on any atom is -0.385 e. The fourth-order valence-corrected chi connectivity index (χ4v) is 1.71. The van der Waals surface area contributed by atoms with Crippen molar-refractivity contribution >= 4 is 15.9 Å². The highest BCUT2D eigenvalue weighted by molar-refractivity contribution is 9.10. The first-order valence-corrected chi connectivity index (χ1v) is 5.59. The second kappa shape index (κ2) is 5.42. The zero-order valence-electron chi connectivity index (χ0n) is 9.21. The number of nitrogens with zero attached hydrogens (tertiary/aromatic N) is 2. The molecule has 5 heteroatoms. The molecule has 0 bridgehead atoms. The Kier molecular flexibility index (Phi) is 4.47. The molecule has 0 aliphatic carbocycles. The molecule has 1 rings (SSSR count). The summed E-state index contributed by atoms with van der Waals surface area (Å²) in [5.41, 5.74) is 1.47. The Morgan fingerprint density at radius 1 is 1.47 bits per heavy atom. The van der Waals surface area contributed by atoms with Crippen LogP contribution < -0.4 is 5.69 Å². The van der Waals surface area contributed by atoms with Crippen LogP contribution in [0.3, 0.4) is 0 Å². The van der Waals surface area contributed by atoms with Crippen LogP contribution in [0.25, 0.3) is 0 Å². The Labute approximate surface area is 97.4 Å². The van der Waals surface area contributed by atoms with E-state index in [1.165, 1.54) is 0 Å². The van der Waals surface area contributed by atoms with E-state index in [1.54, 1.807) is 11.7 Å². The molecule has 1 aromatic heterocycles. The van der Waals surface area contributed by atoms with Crippen LogP contribution in [0.2, 0.25) is 0 Å². The molecule has 0 unspecified atom stereocenters. The average molecular weight is 275 g/mol. The fraction of sp³-hybridized carbons (Fsp3) is 0.600. The van der Waals surface area contributed by atoms with E-state index in [4.69, 9.17) is 4.74 Å². The van der Waals surface area contributed by atoms with Crippen molar-refractivity contribution < 1.29 is 4.74 Å². The van der Waals surface area contributed by atoms with Gasteiger partial charge in [-0.1, -0.05) is 0 Å². The standard InChI is InChI=1S/C10H15BrN2O2/c1-7-9(11)8(2)13(10(14)12-7)5-4-6-15-3/h4-6H2,1-3H3. The van der Waals surface area contributed by atoms with Crippen LogP contribution in [-0.4, -0.2) is 23.3 Å². The van der Waals surface area contributed by atoms with E-state index >= 15 is 0 Å². The van der Waals surface area contributed by atoms with Crippen molar-refractivity contribution in [2.45, 2.75) is 26.8 Å². The van der Waals surface area contributed by atoms with Crippen LogP contribution in [-0.2, 0) is 11.3 Å². The van der Waals surface area contributed by atoms with Gasteiger partial charge in [0.1, 0.15) is 0 Å². The molecule has 0 aliphatic heterocycles. The van der Waals surface area contributed by atoms with Crippen LogP contribution in [0.5, 0.6) is 0 Å². The Hall–Kier alpha value is -0.680. The SMILES string of the molecule is COCCCn1c(C)c(Br)c(C)nc1=O. The van der Waals surface area contributed by atoms with Gasteiger partial charge in [-0.2, -0.15) is 4.98 Å². The molecule has 1 heterocycles. The van der Waals surface area contributed by atoms with Crippen LogP contribution in [0, 0.1) is 13.8 Å². The van der Waals surface area contributed by atoms with Crippen molar-refractivity contribution in [3.8, 4) is 0 Å². The summed E-state index contributed by atoms with van der Waals surface area (Å²) >= 11 is 3.42. The van der Waals surface area contributed by atoms with Gasteiger partial charge in [0, 0.05) is 26.0 Å². The molecule has 1 aromatic rings. The number of halogens is 1. The highest BCUT2D eigenvalue weighted by Gasteiger charge is 2.08. The van der Waals surface area contributed by atoms with E-state index in [1.807, 2.05) is 13.8 Å². The van der Waals surface area contributed by atoms with E-state index < -0.39 is 0 Å². The van der Waals surface area contributed by atoms with Gasteiger partial charge in [-0.15, -0.1) is 0 Å². The lowest BCUT2D eigenvalue weighted by molar-refractivity contribution is 0.189. The molecule has 0 radical (unpaired) electrons. The zero-order chi connectivity index (χ0) is 11.4. The summed E-state index contributed by atoms with van der Waals surface area (Å²) in [7, 11) is 1.65. The molecule has 0 amide bonds. The third-order valence-corrected chi connectivity index (χ3v) is 3.41. The fourth-order valence-electron chi connectivity index (χ4n) is 1.41. The largest absolute Gasteiger partial charge is 0.385 e. The van der Waals surface area contributed by atoms with E-state index in [-0.39, 0.29) is 5.69 Å². The Morgan fingerprint density at radius 2 is 2.13 bits per heavy atom. The molecule has 0 spiro atoms. The molecular weight excluding hydrogens is 260 g/mol. The van der Waals surface area contributed by atoms with E-state index in [0.717, 1.165) is 22.3 Å². The maximum Gasteiger partial charge on any atom is 0.348 e. The van der Waals surface area contributed by atoms with Gasteiger partial charge < -0.3 is 4.74 Å². The predicted octanol–water partition coefficient (Wildman–Crippen LogP) is 1.66. The van der Waals surface area contributed by atoms with Gasteiger partial charge in [-0.3, -0.25) is 4.57 Å². The third-order valence-electron chi connectivity index (χ3n) is 2.26. The van der Waals surface area contributed by atoms with Gasteiger partial charge >= 0.3 is 5.69 Å². The number of methoxy groups -OCH3 is 1. The zero-order valence-corrected chi connectivity index (χ0v) is 10.8. The second-order valence-electron chi connectivity index (χ2n) is 3.38. The molecule has 15 heavy (non-hydrogen) atoms. The number of hydrogen-bond donors (Lipinski definition) is 0. The first-order chi connectivity index (χ1) is 7.07. The summed E-state index contributed by atoms with van der Waals surface area (Å²) in [5, 5.41) is 0. The van der Waals surface area contributed by atoms with Crippen molar-refractivity contribution in [1.82, 2.24) is 9.55 Å². The molecule has 84 valence electrons. The number of rotatable bonds is 4. The molecule has 0 N–H and O–H groups in total. The van der Waals surface area contributed by atoms with Crippen molar-refractivity contribution in [2.75, 3.05) is 13.7 Å². The van der Waals surface area contributed by atoms with Crippen molar-refractivity contribution in [3.63, 3.8) is 0 Å². The molecule has 0 atom stereocenters. The van der Waals surface area contributed by atoms with Crippen molar-refractivity contribution in [2.24, 2.45) is 0 Å². The first kappa shape index (κ1) is 12.4. The number of ether oxygens (including phenoxy) is 1. The van der Waals surface area contributed by atoms with E-state index in [2.05, 4.69) is 20.9 Å². The quantitative estimate of drug-likeness (QED) is 0.785. The van der Waals surface area contributed by atoms with Gasteiger partial charge in [0.15, 0.2) is 0 Å².